The molecular formula is C23H38N2O7Si. The Morgan fingerprint density at radius 1 is 1.03 bits per heavy atom. The van der Waals surface area contributed by atoms with E-state index in [0.29, 0.717) is 0 Å². The van der Waals surface area contributed by atoms with Crippen molar-refractivity contribution in [2.75, 3.05) is 7.11 Å². The van der Waals surface area contributed by atoms with Crippen LogP contribution in [0.2, 0.25) is 18.1 Å². The van der Waals surface area contributed by atoms with E-state index in [-0.39, 0.29) is 11.6 Å². The summed E-state index contributed by atoms with van der Waals surface area (Å²) in [5.74, 6) is -1.50. The molecule has 0 aromatic heterocycles. The maximum atomic E-state index is 13.1. The lowest BCUT2D eigenvalue weighted by atomic mass is 10.1. The second kappa shape index (κ2) is 12.1. The third-order valence-corrected chi connectivity index (χ3v) is 10.3. The van der Waals surface area contributed by atoms with Crippen LogP contribution in [-0.2, 0) is 30.1 Å². The fourth-order valence-electron chi connectivity index (χ4n) is 2.74. The molecule has 186 valence electrons. The summed E-state index contributed by atoms with van der Waals surface area (Å²) in [6, 6.07) is 6.65. The number of benzene rings is 1. The Balaban J connectivity index is 3.04. The van der Waals surface area contributed by atoms with E-state index < -0.39 is 50.6 Å². The zero-order valence-corrected chi connectivity index (χ0v) is 21.8. The van der Waals surface area contributed by atoms with Gasteiger partial charge in [0.25, 0.3) is 0 Å². The Labute approximate surface area is 197 Å². The quantitative estimate of drug-likeness (QED) is 0.346. The maximum Gasteiger partial charge on any atom is 0.408 e. The van der Waals surface area contributed by atoms with E-state index in [1.807, 2.05) is 43.4 Å². The molecule has 33 heavy (non-hydrogen) atoms. The second-order valence-electron chi connectivity index (χ2n) is 9.52. The Bertz CT molecular complexity index is 794. The molecule has 0 bridgehead atoms. The first-order valence-corrected chi connectivity index (χ1v) is 13.8. The molecule has 0 aliphatic heterocycles. The Hall–Kier alpha value is -2.43. The first-order valence-electron chi connectivity index (χ1n) is 10.9. The minimum atomic E-state index is -2.30. The number of carbonyl (C=O) groups is 3. The summed E-state index contributed by atoms with van der Waals surface area (Å²) in [5.41, 5.74) is 0.791. The molecule has 2 amide bonds. The summed E-state index contributed by atoms with van der Waals surface area (Å²) in [7, 11) is -1.15. The Morgan fingerprint density at radius 3 is 2.09 bits per heavy atom. The highest BCUT2D eigenvalue weighted by Crippen LogP contribution is 2.37. The summed E-state index contributed by atoms with van der Waals surface area (Å²) >= 11 is 0. The lowest BCUT2D eigenvalue weighted by Gasteiger charge is -2.40. The molecule has 0 fully saturated rings. The molecule has 1 rings (SSSR count). The van der Waals surface area contributed by atoms with Crippen LogP contribution in [0.25, 0.3) is 0 Å². The number of aliphatic hydroxyl groups excluding tert-OH is 1. The summed E-state index contributed by atoms with van der Waals surface area (Å²) < 4.78 is 16.2. The number of nitrogens with one attached hydrogen (secondary N) is 2. The standard InChI is InChI=1S/C23H38N2O7Si/c1-15(26)18(21(28)30-6)24-20(27)19(16(2)32-33(7,8)23(3,4)5)25-22(29)31-14-17-12-10-9-11-13-17/h9-13,15-16,18-19,26H,14H2,1-8H3,(H,24,27)(H,25,29)/t15-,16-,18+,19+/m1/s1. The highest BCUT2D eigenvalue weighted by molar-refractivity contribution is 6.74. The average molecular weight is 483 g/mol. The molecule has 1 aromatic carbocycles. The van der Waals surface area contributed by atoms with Crippen LogP contribution in [0.3, 0.4) is 0 Å². The minimum Gasteiger partial charge on any atom is -0.467 e. The number of hydrogen-bond donors (Lipinski definition) is 3. The van der Waals surface area contributed by atoms with Gasteiger partial charge in [-0.15, -0.1) is 0 Å². The molecule has 0 saturated heterocycles. The van der Waals surface area contributed by atoms with Gasteiger partial charge in [-0.3, -0.25) is 4.79 Å². The number of amides is 2. The van der Waals surface area contributed by atoms with Crippen LogP contribution in [0, 0.1) is 0 Å². The molecule has 1 aromatic rings. The highest BCUT2D eigenvalue weighted by atomic mass is 28.4. The molecule has 0 spiro atoms. The normalized spacial score (nSPS) is 15.5. The molecule has 0 aliphatic rings. The van der Waals surface area contributed by atoms with Gasteiger partial charge in [-0.25, -0.2) is 9.59 Å². The Kier molecular flexibility index (Phi) is 10.5. The van der Waals surface area contributed by atoms with Crippen LogP contribution in [0.15, 0.2) is 30.3 Å². The van der Waals surface area contributed by atoms with Gasteiger partial charge in [0.05, 0.1) is 19.3 Å². The van der Waals surface area contributed by atoms with Gasteiger partial charge in [0.1, 0.15) is 12.6 Å². The number of methoxy groups -OCH3 is 1. The number of aliphatic hydroxyl groups is 1. The number of hydrogen-bond acceptors (Lipinski definition) is 7. The lowest BCUT2D eigenvalue weighted by molar-refractivity contribution is -0.148. The van der Waals surface area contributed by atoms with Crippen LogP contribution >= 0.6 is 0 Å². The van der Waals surface area contributed by atoms with Crippen LogP contribution in [0.5, 0.6) is 0 Å². The highest BCUT2D eigenvalue weighted by Gasteiger charge is 2.42. The van der Waals surface area contributed by atoms with Gasteiger partial charge in [-0.2, -0.15) is 0 Å². The second-order valence-corrected chi connectivity index (χ2v) is 14.3. The van der Waals surface area contributed by atoms with Crippen molar-refractivity contribution in [3.63, 3.8) is 0 Å². The van der Waals surface area contributed by atoms with Crippen molar-refractivity contribution in [3.8, 4) is 0 Å². The van der Waals surface area contributed by atoms with Gasteiger partial charge in [-0.1, -0.05) is 51.1 Å². The maximum absolute atomic E-state index is 13.1. The largest absolute Gasteiger partial charge is 0.467 e. The predicted octanol–water partition coefficient (Wildman–Crippen LogP) is 2.73. The van der Waals surface area contributed by atoms with E-state index in [1.165, 1.54) is 6.92 Å². The van der Waals surface area contributed by atoms with Crippen molar-refractivity contribution in [3.05, 3.63) is 35.9 Å². The lowest BCUT2D eigenvalue weighted by Crippen LogP contribution is -2.60. The molecule has 4 atom stereocenters. The van der Waals surface area contributed by atoms with Crippen LogP contribution in [-0.4, -0.2) is 62.8 Å². The molecule has 0 heterocycles. The molecule has 10 heteroatoms. The molecule has 3 N–H and O–H groups in total. The Morgan fingerprint density at radius 2 is 1.61 bits per heavy atom. The van der Waals surface area contributed by atoms with E-state index in [0.717, 1.165) is 12.7 Å². The molecule has 0 aliphatic carbocycles. The van der Waals surface area contributed by atoms with Gasteiger partial charge in [0.15, 0.2) is 14.4 Å². The SMILES string of the molecule is COC(=O)[C@@H](NC(=O)[C@@H](NC(=O)OCc1ccccc1)[C@@H](C)O[Si](C)(C)C(C)(C)C)[C@@H](C)O. The zero-order valence-electron chi connectivity index (χ0n) is 20.8. The van der Waals surface area contributed by atoms with Crippen LogP contribution < -0.4 is 10.6 Å². The van der Waals surface area contributed by atoms with E-state index in [9.17, 15) is 19.5 Å². The predicted molar refractivity (Wildman–Crippen MR) is 127 cm³/mol. The third kappa shape index (κ3) is 8.79. The van der Waals surface area contributed by atoms with Crippen molar-refractivity contribution in [2.45, 2.75) is 83.6 Å². The topological polar surface area (TPSA) is 123 Å². The number of carbonyl (C=O) groups excluding carboxylic acids is 3. The number of esters is 1. The van der Waals surface area contributed by atoms with Crippen molar-refractivity contribution in [1.82, 2.24) is 10.6 Å². The first kappa shape index (κ1) is 28.6. The molecule has 0 saturated carbocycles. The van der Waals surface area contributed by atoms with E-state index in [1.54, 1.807) is 6.92 Å². The van der Waals surface area contributed by atoms with Crippen molar-refractivity contribution < 1.29 is 33.4 Å². The number of ether oxygens (including phenoxy) is 2. The molecule has 9 nitrogen and oxygen atoms in total. The van der Waals surface area contributed by atoms with E-state index >= 15 is 0 Å². The third-order valence-electron chi connectivity index (χ3n) is 5.76. The van der Waals surface area contributed by atoms with Gasteiger partial charge in [-0.05, 0) is 37.5 Å². The van der Waals surface area contributed by atoms with Crippen LogP contribution in [0.4, 0.5) is 4.79 Å². The summed E-state index contributed by atoms with van der Waals surface area (Å²) in [4.78, 5) is 37.6. The van der Waals surface area contributed by atoms with E-state index in [4.69, 9.17) is 9.16 Å². The van der Waals surface area contributed by atoms with Gasteiger partial charge >= 0.3 is 12.1 Å². The number of alkyl carbamates (subject to hydrolysis) is 1. The van der Waals surface area contributed by atoms with Gasteiger partial charge in [0, 0.05) is 0 Å². The van der Waals surface area contributed by atoms with E-state index in [2.05, 4.69) is 36.1 Å². The van der Waals surface area contributed by atoms with Crippen LogP contribution in [0.1, 0.15) is 40.2 Å². The fraction of sp³-hybridized carbons (Fsp3) is 0.609. The minimum absolute atomic E-state index is 0.0247. The zero-order chi connectivity index (χ0) is 25.4. The molecular weight excluding hydrogens is 444 g/mol. The molecule has 0 unspecified atom stereocenters. The average Bonchev–Trinajstić information content (AvgIpc) is 2.72. The summed E-state index contributed by atoms with van der Waals surface area (Å²) in [5, 5.41) is 14.8. The monoisotopic (exact) mass is 482 g/mol. The number of rotatable bonds is 10. The van der Waals surface area contributed by atoms with Crippen molar-refractivity contribution in [2.24, 2.45) is 0 Å². The summed E-state index contributed by atoms with van der Waals surface area (Å²) in [6.45, 7) is 13.3. The first-order chi connectivity index (χ1) is 15.2. The van der Waals surface area contributed by atoms with Crippen molar-refractivity contribution in [1.29, 1.82) is 0 Å². The molecule has 0 radical (unpaired) electrons. The van der Waals surface area contributed by atoms with Crippen molar-refractivity contribution >= 4 is 26.3 Å². The fourth-order valence-corrected chi connectivity index (χ4v) is 4.16. The summed E-state index contributed by atoms with van der Waals surface area (Å²) in [6.07, 6.45) is -2.75. The van der Waals surface area contributed by atoms with Gasteiger partial charge < -0.3 is 29.6 Å². The van der Waals surface area contributed by atoms with Gasteiger partial charge in [0.2, 0.25) is 5.91 Å². The smallest absolute Gasteiger partial charge is 0.408 e.